The lowest BCUT2D eigenvalue weighted by Crippen LogP contribution is -2.32. The molecule has 3 heterocycles. The molecule has 158 valence electrons. The van der Waals surface area contributed by atoms with Crippen molar-refractivity contribution in [1.82, 2.24) is 20.1 Å². The summed E-state index contributed by atoms with van der Waals surface area (Å²) in [6.07, 6.45) is 2.61. The highest BCUT2D eigenvalue weighted by Gasteiger charge is 2.16. The minimum absolute atomic E-state index is 0.706. The predicted molar refractivity (Wildman–Crippen MR) is 129 cm³/mol. The molecule has 5 rings (SSSR count). The Kier molecular flexibility index (Phi) is 5.66. The van der Waals surface area contributed by atoms with E-state index in [1.807, 2.05) is 12.1 Å². The van der Waals surface area contributed by atoms with Crippen LogP contribution >= 0.6 is 11.3 Å². The van der Waals surface area contributed by atoms with Crippen molar-refractivity contribution in [2.75, 3.05) is 18.4 Å². The summed E-state index contributed by atoms with van der Waals surface area (Å²) in [4.78, 5) is 7.28. The molecule has 0 spiro atoms. The molecule has 0 bridgehead atoms. The Morgan fingerprint density at radius 1 is 1.00 bits per heavy atom. The molecule has 2 aromatic carbocycles. The number of aromatic nitrogens is 3. The van der Waals surface area contributed by atoms with Crippen LogP contribution in [-0.4, -0.2) is 33.2 Å². The molecule has 0 atom stereocenters. The third kappa shape index (κ3) is 4.75. The summed E-state index contributed by atoms with van der Waals surface area (Å²) >= 11 is 1.66. The Hall–Kier alpha value is -2.83. The monoisotopic (exact) mass is 429 g/mol. The molecule has 31 heavy (non-hydrogen) atoms. The number of aryl methyl sites for hydroxylation is 1. The van der Waals surface area contributed by atoms with Gasteiger partial charge in [-0.15, -0.1) is 10.2 Å². The van der Waals surface area contributed by atoms with E-state index in [4.69, 9.17) is 4.98 Å². The van der Waals surface area contributed by atoms with Gasteiger partial charge in [-0.05, 0) is 68.6 Å². The van der Waals surface area contributed by atoms with Crippen molar-refractivity contribution in [3.8, 4) is 11.3 Å². The molecule has 0 unspecified atom stereocenters. The highest BCUT2D eigenvalue weighted by atomic mass is 32.1. The minimum Gasteiger partial charge on any atom is -0.315 e. The molecule has 4 aromatic rings. The number of nitrogens with zero attached hydrogens (tertiary/aromatic N) is 4. The van der Waals surface area contributed by atoms with Gasteiger partial charge < -0.3 is 5.32 Å². The first-order valence-electron chi connectivity index (χ1n) is 10.9. The second kappa shape index (κ2) is 8.73. The van der Waals surface area contributed by atoms with E-state index in [1.54, 1.807) is 11.3 Å². The molecule has 0 radical (unpaired) electrons. The third-order valence-corrected chi connectivity index (χ3v) is 6.92. The second-order valence-corrected chi connectivity index (χ2v) is 9.61. The van der Waals surface area contributed by atoms with E-state index in [0.29, 0.717) is 5.82 Å². The number of likely N-dealkylation sites (tertiary alicyclic amines) is 1. The lowest BCUT2D eigenvalue weighted by atomic mass is 9.99. The number of fused-ring (bicyclic) bond motifs is 1. The summed E-state index contributed by atoms with van der Waals surface area (Å²) in [6.45, 7) is 7.86. The summed E-state index contributed by atoms with van der Waals surface area (Å²) in [5, 5.41) is 12.9. The Morgan fingerprint density at radius 3 is 2.55 bits per heavy atom. The normalized spacial score (nSPS) is 15.4. The quantitative estimate of drug-likeness (QED) is 0.419. The van der Waals surface area contributed by atoms with E-state index in [2.05, 4.69) is 76.7 Å². The van der Waals surface area contributed by atoms with Crippen LogP contribution in [0.1, 0.15) is 30.9 Å². The number of hydrogen-bond donors (Lipinski definition) is 1. The van der Waals surface area contributed by atoms with Gasteiger partial charge in [-0.3, -0.25) is 4.90 Å². The van der Waals surface area contributed by atoms with Crippen LogP contribution < -0.4 is 5.32 Å². The maximum atomic E-state index is 4.72. The summed E-state index contributed by atoms with van der Waals surface area (Å²) < 4.78 is 1.20. The van der Waals surface area contributed by atoms with Crippen molar-refractivity contribution < 1.29 is 0 Å². The molecule has 0 saturated carbocycles. The second-order valence-electron chi connectivity index (χ2n) is 8.57. The molecule has 2 aromatic heterocycles. The van der Waals surface area contributed by atoms with E-state index >= 15 is 0 Å². The molecular weight excluding hydrogens is 402 g/mol. The number of thiazole rings is 1. The van der Waals surface area contributed by atoms with Gasteiger partial charge in [-0.2, -0.15) is 0 Å². The number of nitrogens with one attached hydrogen (secondary N) is 1. The zero-order valence-electron chi connectivity index (χ0n) is 18.0. The van der Waals surface area contributed by atoms with Crippen LogP contribution in [0.4, 0.5) is 10.9 Å². The average molecular weight is 430 g/mol. The first-order valence-corrected chi connectivity index (χ1v) is 11.7. The fourth-order valence-corrected chi connectivity index (χ4v) is 4.92. The van der Waals surface area contributed by atoms with Gasteiger partial charge in [-0.1, -0.05) is 54.2 Å². The number of hydrogen-bond acceptors (Lipinski definition) is 6. The largest absolute Gasteiger partial charge is 0.315 e. The van der Waals surface area contributed by atoms with Gasteiger partial charge in [0.15, 0.2) is 10.9 Å². The predicted octanol–water partition coefficient (Wildman–Crippen LogP) is 6.04. The topological polar surface area (TPSA) is 53.9 Å². The SMILES string of the molecule is Cc1ccc(-c2ccc(Nc3nc4ccc(CN5CCC(C)CC5)cc4s3)nn2)cc1. The van der Waals surface area contributed by atoms with Gasteiger partial charge in [-0.25, -0.2) is 4.98 Å². The first kappa shape index (κ1) is 20.1. The number of benzene rings is 2. The van der Waals surface area contributed by atoms with Crippen LogP contribution in [-0.2, 0) is 6.54 Å². The molecule has 1 aliphatic heterocycles. The Balaban J connectivity index is 1.27. The van der Waals surface area contributed by atoms with Gasteiger partial charge in [0.25, 0.3) is 0 Å². The van der Waals surface area contributed by atoms with Crippen molar-refractivity contribution in [2.45, 2.75) is 33.2 Å². The van der Waals surface area contributed by atoms with Crippen molar-refractivity contribution >= 4 is 32.5 Å². The highest BCUT2D eigenvalue weighted by molar-refractivity contribution is 7.22. The Labute approximate surface area is 187 Å². The van der Waals surface area contributed by atoms with Crippen LogP contribution in [0, 0.1) is 12.8 Å². The summed E-state index contributed by atoms with van der Waals surface area (Å²) in [5.41, 5.74) is 5.55. The smallest absolute Gasteiger partial charge is 0.189 e. The fourth-order valence-electron chi connectivity index (χ4n) is 3.99. The molecule has 0 aliphatic carbocycles. The average Bonchev–Trinajstić information content (AvgIpc) is 3.18. The van der Waals surface area contributed by atoms with E-state index in [0.717, 1.165) is 34.4 Å². The van der Waals surface area contributed by atoms with Crippen molar-refractivity contribution in [3.05, 3.63) is 65.7 Å². The third-order valence-electron chi connectivity index (χ3n) is 5.98. The van der Waals surface area contributed by atoms with Crippen LogP contribution in [0.3, 0.4) is 0 Å². The minimum atomic E-state index is 0.706. The summed E-state index contributed by atoms with van der Waals surface area (Å²) in [5.74, 6) is 1.57. The molecule has 1 aliphatic rings. The van der Waals surface area contributed by atoms with Gasteiger partial charge in [0, 0.05) is 12.1 Å². The number of piperidine rings is 1. The van der Waals surface area contributed by atoms with Gasteiger partial charge in [0.1, 0.15) is 0 Å². The molecule has 1 fully saturated rings. The molecule has 6 heteroatoms. The Bertz CT molecular complexity index is 1160. The lowest BCUT2D eigenvalue weighted by Gasteiger charge is -2.30. The van der Waals surface area contributed by atoms with Crippen LogP contribution in [0.5, 0.6) is 0 Å². The van der Waals surface area contributed by atoms with Crippen LogP contribution in [0.15, 0.2) is 54.6 Å². The van der Waals surface area contributed by atoms with E-state index in [1.165, 1.54) is 41.8 Å². The number of rotatable bonds is 5. The van der Waals surface area contributed by atoms with Crippen molar-refractivity contribution in [2.24, 2.45) is 5.92 Å². The summed E-state index contributed by atoms with van der Waals surface area (Å²) in [7, 11) is 0. The fraction of sp³-hybridized carbons (Fsp3) is 0.320. The first-order chi connectivity index (χ1) is 15.1. The molecule has 1 N–H and O–H groups in total. The highest BCUT2D eigenvalue weighted by Crippen LogP contribution is 2.29. The van der Waals surface area contributed by atoms with Gasteiger partial charge in [0.2, 0.25) is 0 Å². The molecule has 5 nitrogen and oxygen atoms in total. The van der Waals surface area contributed by atoms with Crippen molar-refractivity contribution in [1.29, 1.82) is 0 Å². The van der Waals surface area contributed by atoms with E-state index in [9.17, 15) is 0 Å². The molecule has 1 saturated heterocycles. The maximum Gasteiger partial charge on any atom is 0.189 e. The number of anilines is 2. The van der Waals surface area contributed by atoms with E-state index < -0.39 is 0 Å². The lowest BCUT2D eigenvalue weighted by molar-refractivity contribution is 0.185. The van der Waals surface area contributed by atoms with Gasteiger partial charge in [0.05, 0.1) is 15.9 Å². The summed E-state index contributed by atoms with van der Waals surface area (Å²) in [6, 6.07) is 18.9. The van der Waals surface area contributed by atoms with Crippen molar-refractivity contribution in [3.63, 3.8) is 0 Å². The Morgan fingerprint density at radius 2 is 1.81 bits per heavy atom. The zero-order chi connectivity index (χ0) is 21.2. The molecular formula is C25H27N5S. The van der Waals surface area contributed by atoms with E-state index in [-0.39, 0.29) is 0 Å². The van der Waals surface area contributed by atoms with Gasteiger partial charge >= 0.3 is 0 Å². The maximum absolute atomic E-state index is 4.72. The zero-order valence-corrected chi connectivity index (χ0v) is 18.8. The van der Waals surface area contributed by atoms with Crippen LogP contribution in [0.2, 0.25) is 0 Å². The molecule has 0 amide bonds. The van der Waals surface area contributed by atoms with Crippen LogP contribution in [0.25, 0.3) is 21.5 Å². The standard InChI is InChI=1S/C25H27N5S/c1-17-3-6-20(7-4-17)21-9-10-24(29-28-21)27-25-26-22-8-5-19(15-23(22)31-25)16-30-13-11-18(2)12-14-30/h3-10,15,18H,11-14,16H2,1-2H3,(H,26,27,29).